The van der Waals surface area contributed by atoms with Gasteiger partial charge in [-0.15, -0.1) is 0 Å². The number of nitrogens with zero attached hydrogens (tertiary/aromatic N) is 1. The topological polar surface area (TPSA) is 45.1 Å². The van der Waals surface area contributed by atoms with E-state index in [9.17, 15) is 0 Å². The number of hydrogen-bond donors (Lipinski definition) is 1. The Labute approximate surface area is 60.7 Å². The molecule has 0 aliphatic carbocycles. The lowest BCUT2D eigenvalue weighted by Gasteiger charge is -2.04. The van der Waals surface area contributed by atoms with E-state index in [1.165, 1.54) is 0 Å². The minimum atomic E-state index is -0.345. The van der Waals surface area contributed by atoms with Gasteiger partial charge < -0.3 is 9.94 Å². The number of ether oxygens (including phenoxy) is 1. The first-order chi connectivity index (χ1) is 4.44. The van der Waals surface area contributed by atoms with E-state index >= 15 is 0 Å². The summed E-state index contributed by atoms with van der Waals surface area (Å²) in [6.07, 6.45) is 0. The normalized spacial score (nSPS) is 37.8. The van der Waals surface area contributed by atoms with Crippen LogP contribution in [-0.2, 0) is 4.74 Å². The van der Waals surface area contributed by atoms with E-state index in [0.29, 0.717) is 5.71 Å². The molecule has 0 aromatic carbocycles. The fraction of sp³-hybridized carbons (Fsp3) is 0.857. The van der Waals surface area contributed by atoms with Crippen LogP contribution in [0.2, 0.25) is 0 Å². The monoisotopic (exact) mass is 143 g/mol. The summed E-state index contributed by atoms with van der Waals surface area (Å²) in [5, 5.41) is 11.6. The summed E-state index contributed by atoms with van der Waals surface area (Å²) in [5.74, 6) is 0. The molecule has 1 N–H and O–H groups in total. The minimum absolute atomic E-state index is 0.163. The van der Waals surface area contributed by atoms with Crippen LogP contribution in [0.5, 0.6) is 0 Å². The predicted molar refractivity (Wildman–Crippen MR) is 38.5 cm³/mol. The van der Waals surface area contributed by atoms with Gasteiger partial charge in [0, 0.05) is 0 Å². The molecule has 0 radical (unpaired) electrons. The van der Waals surface area contributed by atoms with Gasteiger partial charge in [0.15, 0.2) is 0 Å². The van der Waals surface area contributed by atoms with E-state index in [4.69, 9.17) is 9.94 Å². The molecule has 0 bridgehead atoms. The van der Waals surface area contributed by atoms with E-state index in [0.717, 1.165) is 0 Å². The van der Waals surface area contributed by atoms with E-state index < -0.39 is 0 Å². The van der Waals surface area contributed by atoms with Crippen molar-refractivity contribution in [3.05, 3.63) is 0 Å². The van der Waals surface area contributed by atoms with Crippen molar-refractivity contribution in [2.45, 2.75) is 38.9 Å². The quantitative estimate of drug-likeness (QED) is 0.261. The van der Waals surface area contributed by atoms with Crippen LogP contribution in [0, 0.1) is 0 Å². The van der Waals surface area contributed by atoms with Gasteiger partial charge in [-0.05, 0) is 27.7 Å². The van der Waals surface area contributed by atoms with Crippen molar-refractivity contribution >= 4 is 5.71 Å². The van der Waals surface area contributed by atoms with E-state index in [2.05, 4.69) is 5.16 Å². The predicted octanol–water partition coefficient (Wildman–Crippen LogP) is 1.40. The van der Waals surface area contributed by atoms with Crippen LogP contribution < -0.4 is 0 Å². The zero-order chi connectivity index (χ0) is 7.99. The Balaban J connectivity index is 2.78. The first-order valence-corrected chi connectivity index (χ1v) is 3.33. The first kappa shape index (κ1) is 7.54. The summed E-state index contributed by atoms with van der Waals surface area (Å²) in [5.41, 5.74) is 0.128. The third-order valence-corrected chi connectivity index (χ3v) is 2.41. The van der Waals surface area contributed by atoms with Gasteiger partial charge in [0.05, 0.1) is 11.3 Å². The molecule has 1 rings (SSSR count). The van der Waals surface area contributed by atoms with Gasteiger partial charge in [0.2, 0.25) is 0 Å². The van der Waals surface area contributed by atoms with Gasteiger partial charge in [-0.3, -0.25) is 0 Å². The maximum atomic E-state index is 8.45. The Kier molecular flexibility index (Phi) is 1.30. The minimum Gasteiger partial charge on any atom is -0.411 e. The summed E-state index contributed by atoms with van der Waals surface area (Å²) in [6, 6.07) is 0. The van der Waals surface area contributed by atoms with Gasteiger partial charge in [-0.1, -0.05) is 5.16 Å². The largest absolute Gasteiger partial charge is 0.411 e. The molecule has 3 heteroatoms. The average Bonchev–Trinajstić information content (AvgIpc) is 2.32. The summed E-state index contributed by atoms with van der Waals surface area (Å²) < 4.78 is 5.35. The molecule has 3 nitrogen and oxygen atoms in total. The molecule has 1 atom stereocenters. The Hall–Kier alpha value is -0.570. The molecule has 1 aliphatic heterocycles. The van der Waals surface area contributed by atoms with E-state index in [1.54, 1.807) is 6.92 Å². The molecule has 1 unspecified atom stereocenters. The molecule has 10 heavy (non-hydrogen) atoms. The van der Waals surface area contributed by atoms with Crippen molar-refractivity contribution in [2.24, 2.45) is 5.16 Å². The zero-order valence-corrected chi connectivity index (χ0v) is 6.80. The molecular formula is C7H13NO2. The van der Waals surface area contributed by atoms with Crippen molar-refractivity contribution in [2.75, 3.05) is 0 Å². The Bertz CT molecular complexity index is 186. The van der Waals surface area contributed by atoms with Crippen LogP contribution in [-0.4, -0.2) is 22.1 Å². The maximum absolute atomic E-state index is 8.45. The summed E-state index contributed by atoms with van der Waals surface area (Å²) in [7, 11) is 0. The first-order valence-electron chi connectivity index (χ1n) is 3.33. The van der Waals surface area contributed by atoms with Gasteiger partial charge in [0.25, 0.3) is 0 Å². The lowest BCUT2D eigenvalue weighted by atomic mass is 9.94. The van der Waals surface area contributed by atoms with Crippen LogP contribution in [0.4, 0.5) is 0 Å². The smallest absolute Gasteiger partial charge is 0.135 e. The number of rotatable bonds is 1. The summed E-state index contributed by atoms with van der Waals surface area (Å²) in [6.45, 7) is 7.63. The summed E-state index contributed by atoms with van der Waals surface area (Å²) >= 11 is 0. The average molecular weight is 143 g/mol. The third kappa shape index (κ3) is 0.736. The number of hydrogen-bond acceptors (Lipinski definition) is 3. The molecule has 1 aliphatic rings. The third-order valence-electron chi connectivity index (χ3n) is 2.41. The number of oxime groups is 1. The second kappa shape index (κ2) is 1.72. The molecule has 0 amide bonds. The van der Waals surface area contributed by atoms with Gasteiger partial charge in [-0.2, -0.15) is 0 Å². The lowest BCUT2D eigenvalue weighted by molar-refractivity contribution is 0.295. The molecule has 1 saturated heterocycles. The molecule has 58 valence electrons. The van der Waals surface area contributed by atoms with Crippen LogP contribution >= 0.6 is 0 Å². The zero-order valence-electron chi connectivity index (χ0n) is 6.80. The van der Waals surface area contributed by atoms with Crippen molar-refractivity contribution < 1.29 is 9.94 Å². The van der Waals surface area contributed by atoms with E-state index in [-0.39, 0.29) is 11.2 Å². The molecular weight excluding hydrogens is 130 g/mol. The van der Waals surface area contributed by atoms with Gasteiger partial charge in [-0.25, -0.2) is 0 Å². The van der Waals surface area contributed by atoms with Crippen molar-refractivity contribution in [1.29, 1.82) is 0 Å². The Morgan fingerprint density at radius 1 is 1.40 bits per heavy atom. The Morgan fingerprint density at radius 2 is 1.80 bits per heavy atom. The maximum Gasteiger partial charge on any atom is 0.135 e. The standard InChI is InChI=1S/C7H13NO2/c1-5(8-9)7(4)6(2,3)10-7/h9H,1-4H3/b8-5+. The van der Waals surface area contributed by atoms with Crippen molar-refractivity contribution in [1.82, 2.24) is 0 Å². The van der Waals surface area contributed by atoms with Crippen LogP contribution in [0.1, 0.15) is 27.7 Å². The fourth-order valence-corrected chi connectivity index (χ4v) is 1.09. The van der Waals surface area contributed by atoms with Crippen molar-refractivity contribution in [3.63, 3.8) is 0 Å². The molecule has 0 saturated carbocycles. The van der Waals surface area contributed by atoms with Crippen LogP contribution in [0.15, 0.2) is 5.16 Å². The fourth-order valence-electron chi connectivity index (χ4n) is 1.09. The van der Waals surface area contributed by atoms with Gasteiger partial charge in [0.1, 0.15) is 5.60 Å². The highest BCUT2D eigenvalue weighted by Crippen LogP contribution is 2.47. The molecule has 1 heterocycles. The van der Waals surface area contributed by atoms with Crippen LogP contribution in [0.25, 0.3) is 0 Å². The number of epoxide rings is 1. The molecule has 0 aromatic rings. The highest BCUT2D eigenvalue weighted by molar-refractivity contribution is 5.93. The van der Waals surface area contributed by atoms with Crippen molar-refractivity contribution in [3.8, 4) is 0 Å². The Morgan fingerprint density at radius 3 is 1.90 bits per heavy atom. The molecule has 0 spiro atoms. The molecule has 1 fully saturated rings. The second-order valence-electron chi connectivity index (χ2n) is 3.33. The SMILES string of the molecule is C/C(=N\O)C1(C)OC1(C)C. The summed E-state index contributed by atoms with van der Waals surface area (Å²) in [4.78, 5) is 0. The van der Waals surface area contributed by atoms with Gasteiger partial charge >= 0.3 is 0 Å². The molecule has 0 aromatic heterocycles. The highest BCUT2D eigenvalue weighted by Gasteiger charge is 2.62. The second-order valence-corrected chi connectivity index (χ2v) is 3.33. The highest BCUT2D eigenvalue weighted by atomic mass is 16.6. The lowest BCUT2D eigenvalue weighted by Crippen LogP contribution is -2.25. The van der Waals surface area contributed by atoms with E-state index in [1.807, 2.05) is 20.8 Å². The van der Waals surface area contributed by atoms with Crippen LogP contribution in [0.3, 0.4) is 0 Å².